The van der Waals surface area contributed by atoms with Gasteiger partial charge in [-0.15, -0.1) is 0 Å². The maximum absolute atomic E-state index is 12.8. The van der Waals surface area contributed by atoms with E-state index in [4.69, 9.17) is 4.98 Å². The van der Waals surface area contributed by atoms with E-state index < -0.39 is 0 Å². The summed E-state index contributed by atoms with van der Waals surface area (Å²) in [4.78, 5) is 28.5. The van der Waals surface area contributed by atoms with Crippen molar-refractivity contribution in [3.8, 4) is 11.3 Å². The SMILES string of the molecule is CSc1nccc(N2CCCn3c2nc(-c2ccc(C)c(C)c2)cc3=O)n1. The van der Waals surface area contributed by atoms with Crippen LogP contribution in [0.4, 0.5) is 11.8 Å². The molecular weight excluding hydrogens is 358 g/mol. The van der Waals surface area contributed by atoms with Crippen molar-refractivity contribution in [2.24, 2.45) is 0 Å². The lowest BCUT2D eigenvalue weighted by atomic mass is 10.0. The molecule has 0 bridgehead atoms. The van der Waals surface area contributed by atoms with Gasteiger partial charge >= 0.3 is 0 Å². The van der Waals surface area contributed by atoms with Gasteiger partial charge in [0.2, 0.25) is 5.95 Å². The number of aryl methyl sites for hydroxylation is 2. The number of hydrogen-bond acceptors (Lipinski definition) is 6. The molecule has 138 valence electrons. The molecular formula is C20H21N5OS. The Morgan fingerprint density at radius 3 is 2.67 bits per heavy atom. The van der Waals surface area contributed by atoms with E-state index in [0.29, 0.717) is 23.3 Å². The van der Waals surface area contributed by atoms with Crippen LogP contribution in [0.1, 0.15) is 17.5 Å². The molecule has 3 heterocycles. The Labute approximate surface area is 162 Å². The molecule has 7 heteroatoms. The second-order valence-corrected chi connectivity index (χ2v) is 7.41. The lowest BCUT2D eigenvalue weighted by molar-refractivity contribution is 0.560. The molecule has 0 unspecified atom stereocenters. The molecule has 0 aliphatic carbocycles. The molecule has 1 aliphatic rings. The number of fused-ring (bicyclic) bond motifs is 1. The summed E-state index contributed by atoms with van der Waals surface area (Å²) in [6, 6.07) is 9.66. The monoisotopic (exact) mass is 379 g/mol. The second kappa shape index (κ2) is 7.15. The predicted molar refractivity (Wildman–Crippen MR) is 109 cm³/mol. The van der Waals surface area contributed by atoms with Crippen molar-refractivity contribution in [3.63, 3.8) is 0 Å². The van der Waals surface area contributed by atoms with Crippen LogP contribution in [0.5, 0.6) is 0 Å². The zero-order valence-electron chi connectivity index (χ0n) is 15.6. The third-order valence-corrected chi connectivity index (χ3v) is 5.44. The van der Waals surface area contributed by atoms with Crippen LogP contribution in [0.3, 0.4) is 0 Å². The Bertz CT molecular complexity index is 1060. The summed E-state index contributed by atoms with van der Waals surface area (Å²) in [6.45, 7) is 5.59. The van der Waals surface area contributed by atoms with Crippen LogP contribution < -0.4 is 10.5 Å². The van der Waals surface area contributed by atoms with Crippen molar-refractivity contribution in [1.29, 1.82) is 0 Å². The highest BCUT2D eigenvalue weighted by atomic mass is 32.2. The van der Waals surface area contributed by atoms with Crippen LogP contribution >= 0.6 is 11.8 Å². The summed E-state index contributed by atoms with van der Waals surface area (Å²) in [7, 11) is 0. The van der Waals surface area contributed by atoms with Gasteiger partial charge in [0.15, 0.2) is 5.16 Å². The molecule has 0 spiro atoms. The Hall–Kier alpha value is -2.67. The minimum absolute atomic E-state index is 0.0305. The average molecular weight is 379 g/mol. The van der Waals surface area contributed by atoms with Crippen molar-refractivity contribution >= 4 is 23.5 Å². The standard InChI is InChI=1S/C20H21N5OS/c1-13-5-6-15(11-14(13)2)16-12-18(26)25-10-4-9-24(20(25)22-16)17-7-8-21-19(23-17)27-3/h5-8,11-12H,4,9-10H2,1-3H3. The van der Waals surface area contributed by atoms with Crippen molar-refractivity contribution in [1.82, 2.24) is 19.5 Å². The molecule has 0 amide bonds. The van der Waals surface area contributed by atoms with E-state index in [0.717, 1.165) is 24.3 Å². The Morgan fingerprint density at radius 2 is 1.89 bits per heavy atom. The number of thioether (sulfide) groups is 1. The first-order valence-corrected chi connectivity index (χ1v) is 10.1. The lowest BCUT2D eigenvalue weighted by Crippen LogP contribution is -2.36. The normalized spacial score (nSPS) is 13.5. The maximum atomic E-state index is 12.8. The van der Waals surface area contributed by atoms with E-state index >= 15 is 0 Å². The van der Waals surface area contributed by atoms with Crippen molar-refractivity contribution in [3.05, 3.63) is 58.0 Å². The number of benzene rings is 1. The quantitative estimate of drug-likeness (QED) is 0.512. The van der Waals surface area contributed by atoms with Crippen LogP contribution in [0.15, 0.2) is 46.5 Å². The van der Waals surface area contributed by atoms with Crippen LogP contribution in [-0.2, 0) is 6.54 Å². The third-order valence-electron chi connectivity index (χ3n) is 4.87. The van der Waals surface area contributed by atoms with Crippen molar-refractivity contribution in [2.45, 2.75) is 32.0 Å². The summed E-state index contributed by atoms with van der Waals surface area (Å²) in [5, 5.41) is 0.706. The number of aromatic nitrogens is 4. The highest BCUT2D eigenvalue weighted by Gasteiger charge is 2.23. The third kappa shape index (κ3) is 3.35. The smallest absolute Gasteiger partial charge is 0.255 e. The zero-order chi connectivity index (χ0) is 19.0. The minimum Gasteiger partial charge on any atom is -0.296 e. The van der Waals surface area contributed by atoms with Crippen LogP contribution in [0.25, 0.3) is 11.3 Å². The summed E-state index contributed by atoms with van der Waals surface area (Å²) < 4.78 is 1.73. The van der Waals surface area contributed by atoms with Gasteiger partial charge in [-0.05, 0) is 49.8 Å². The molecule has 0 saturated carbocycles. The van der Waals surface area contributed by atoms with Gasteiger partial charge in [0, 0.05) is 30.9 Å². The van der Waals surface area contributed by atoms with Gasteiger partial charge in [-0.3, -0.25) is 14.3 Å². The van der Waals surface area contributed by atoms with Crippen molar-refractivity contribution < 1.29 is 0 Å². The van der Waals surface area contributed by atoms with Crippen LogP contribution in [0.2, 0.25) is 0 Å². The molecule has 6 nitrogen and oxygen atoms in total. The topological polar surface area (TPSA) is 63.9 Å². The van der Waals surface area contributed by atoms with Gasteiger partial charge in [0.1, 0.15) is 5.82 Å². The number of rotatable bonds is 3. The molecule has 0 N–H and O–H groups in total. The molecule has 4 rings (SSSR count). The molecule has 0 radical (unpaired) electrons. The lowest BCUT2D eigenvalue weighted by Gasteiger charge is -2.30. The highest BCUT2D eigenvalue weighted by Crippen LogP contribution is 2.28. The Balaban J connectivity index is 1.84. The summed E-state index contributed by atoms with van der Waals surface area (Å²) in [5.41, 5.74) is 4.03. The minimum atomic E-state index is -0.0305. The summed E-state index contributed by atoms with van der Waals surface area (Å²) in [5.74, 6) is 1.42. The van der Waals surface area contributed by atoms with Gasteiger partial charge in [0.25, 0.3) is 5.56 Å². The number of anilines is 2. The fourth-order valence-electron chi connectivity index (χ4n) is 3.24. The first kappa shape index (κ1) is 17.7. The Kier molecular flexibility index (Phi) is 4.70. The second-order valence-electron chi connectivity index (χ2n) is 6.64. The van der Waals surface area contributed by atoms with Gasteiger partial charge in [-0.2, -0.15) is 0 Å². The maximum Gasteiger partial charge on any atom is 0.255 e. The Morgan fingerprint density at radius 1 is 1.04 bits per heavy atom. The molecule has 3 aromatic rings. The summed E-state index contributed by atoms with van der Waals surface area (Å²) >= 11 is 1.50. The van der Waals surface area contributed by atoms with Gasteiger partial charge in [-0.1, -0.05) is 23.9 Å². The predicted octanol–water partition coefficient (Wildman–Crippen LogP) is 3.58. The first-order valence-electron chi connectivity index (χ1n) is 8.91. The first-order chi connectivity index (χ1) is 13.1. The van der Waals surface area contributed by atoms with E-state index in [1.54, 1.807) is 16.8 Å². The molecule has 1 aromatic carbocycles. The molecule has 2 aromatic heterocycles. The molecule has 0 saturated heterocycles. The van der Waals surface area contributed by atoms with E-state index in [2.05, 4.69) is 35.9 Å². The van der Waals surface area contributed by atoms with Crippen molar-refractivity contribution in [2.75, 3.05) is 17.7 Å². The van der Waals surface area contributed by atoms with Gasteiger partial charge in [-0.25, -0.2) is 15.0 Å². The fourth-order valence-corrected chi connectivity index (χ4v) is 3.59. The number of nitrogens with zero attached hydrogens (tertiary/aromatic N) is 5. The van der Waals surface area contributed by atoms with E-state index in [9.17, 15) is 4.79 Å². The van der Waals surface area contributed by atoms with Crippen LogP contribution in [-0.4, -0.2) is 32.3 Å². The van der Waals surface area contributed by atoms with Crippen LogP contribution in [0, 0.1) is 13.8 Å². The zero-order valence-corrected chi connectivity index (χ0v) is 16.5. The van der Waals surface area contributed by atoms with E-state index in [1.165, 1.54) is 22.9 Å². The van der Waals surface area contributed by atoms with Gasteiger partial charge in [0.05, 0.1) is 5.69 Å². The fraction of sp³-hybridized carbons (Fsp3) is 0.300. The van der Waals surface area contributed by atoms with Gasteiger partial charge < -0.3 is 0 Å². The molecule has 1 aliphatic heterocycles. The van der Waals surface area contributed by atoms with E-state index in [1.807, 2.05) is 23.3 Å². The summed E-state index contributed by atoms with van der Waals surface area (Å²) in [6.07, 6.45) is 4.57. The highest BCUT2D eigenvalue weighted by molar-refractivity contribution is 7.98. The number of hydrogen-bond donors (Lipinski definition) is 0. The molecule has 27 heavy (non-hydrogen) atoms. The molecule has 0 atom stereocenters. The van der Waals surface area contributed by atoms with E-state index in [-0.39, 0.29) is 5.56 Å². The molecule has 0 fully saturated rings. The largest absolute Gasteiger partial charge is 0.296 e. The average Bonchev–Trinajstić information content (AvgIpc) is 2.69.